The molecule has 1 unspecified atom stereocenters. The van der Waals surface area contributed by atoms with E-state index in [-0.39, 0.29) is 12.6 Å². The Morgan fingerprint density at radius 2 is 1.95 bits per heavy atom. The van der Waals surface area contributed by atoms with Crippen molar-refractivity contribution in [2.45, 2.75) is 19.0 Å². The molecule has 4 nitrogen and oxygen atoms in total. The number of methoxy groups -OCH3 is 1. The number of pyridine rings is 1. The molecule has 0 bridgehead atoms. The summed E-state index contributed by atoms with van der Waals surface area (Å²) in [5.41, 5.74) is 2.28. The number of aliphatic hydroxyl groups is 1. The number of benzene rings is 1. The van der Waals surface area contributed by atoms with E-state index in [1.807, 2.05) is 30.3 Å². The molecule has 0 aliphatic heterocycles. The summed E-state index contributed by atoms with van der Waals surface area (Å²) < 4.78 is 5.02. The molecule has 4 heteroatoms. The molecule has 0 amide bonds. The molecule has 20 heavy (non-hydrogen) atoms. The number of hydrogen-bond acceptors (Lipinski definition) is 4. The van der Waals surface area contributed by atoms with Crippen LogP contribution < -0.4 is 10.1 Å². The van der Waals surface area contributed by atoms with Crippen LogP contribution in [0.3, 0.4) is 0 Å². The number of rotatable bonds is 7. The van der Waals surface area contributed by atoms with Crippen LogP contribution in [0, 0.1) is 0 Å². The second-order valence-corrected chi connectivity index (χ2v) is 4.66. The fraction of sp³-hybridized carbons (Fsp3) is 0.312. The van der Waals surface area contributed by atoms with E-state index >= 15 is 0 Å². The standard InChI is InChI=1S/C16H20N2O2/c1-20-16-8-7-14(11-18-16)10-17-15(12-19)9-13-5-3-2-4-6-13/h2-8,11,15,17,19H,9-10,12H2,1H3. The summed E-state index contributed by atoms with van der Waals surface area (Å²) in [6.45, 7) is 0.785. The molecule has 0 saturated carbocycles. The highest BCUT2D eigenvalue weighted by molar-refractivity contribution is 5.18. The summed E-state index contributed by atoms with van der Waals surface area (Å²) in [4.78, 5) is 4.16. The van der Waals surface area contributed by atoms with E-state index in [1.54, 1.807) is 13.3 Å². The maximum atomic E-state index is 9.45. The van der Waals surface area contributed by atoms with Crippen molar-refractivity contribution in [1.82, 2.24) is 10.3 Å². The molecule has 0 saturated heterocycles. The maximum absolute atomic E-state index is 9.45. The van der Waals surface area contributed by atoms with Crippen molar-refractivity contribution in [2.24, 2.45) is 0 Å². The molecule has 106 valence electrons. The lowest BCUT2D eigenvalue weighted by atomic mass is 10.1. The van der Waals surface area contributed by atoms with Gasteiger partial charge in [0, 0.05) is 24.8 Å². The Bertz CT molecular complexity index is 500. The van der Waals surface area contributed by atoms with Crippen LogP contribution in [0.25, 0.3) is 0 Å². The fourth-order valence-corrected chi connectivity index (χ4v) is 2.00. The molecule has 2 rings (SSSR count). The molecule has 0 aliphatic rings. The van der Waals surface area contributed by atoms with Gasteiger partial charge in [0.25, 0.3) is 0 Å². The minimum absolute atomic E-state index is 0.0412. The minimum atomic E-state index is 0.0412. The van der Waals surface area contributed by atoms with Gasteiger partial charge in [0.1, 0.15) is 0 Å². The van der Waals surface area contributed by atoms with Gasteiger partial charge in [-0.15, -0.1) is 0 Å². The summed E-state index contributed by atoms with van der Waals surface area (Å²) in [5, 5.41) is 12.8. The van der Waals surface area contributed by atoms with Crippen LogP contribution in [0.1, 0.15) is 11.1 Å². The molecule has 0 fully saturated rings. The molecular formula is C16H20N2O2. The van der Waals surface area contributed by atoms with Crippen LogP contribution in [-0.2, 0) is 13.0 Å². The summed E-state index contributed by atoms with van der Waals surface area (Å²) >= 11 is 0. The first-order valence-corrected chi connectivity index (χ1v) is 6.69. The minimum Gasteiger partial charge on any atom is -0.481 e. The van der Waals surface area contributed by atoms with Crippen molar-refractivity contribution in [2.75, 3.05) is 13.7 Å². The highest BCUT2D eigenvalue weighted by Gasteiger charge is 2.08. The lowest BCUT2D eigenvalue weighted by molar-refractivity contribution is 0.240. The zero-order valence-corrected chi connectivity index (χ0v) is 11.6. The molecule has 0 radical (unpaired) electrons. The molecule has 2 N–H and O–H groups in total. The number of hydrogen-bond donors (Lipinski definition) is 2. The third kappa shape index (κ3) is 4.33. The Kier molecular flexibility index (Phi) is 5.53. The highest BCUT2D eigenvalue weighted by atomic mass is 16.5. The molecule has 0 spiro atoms. The number of aromatic nitrogens is 1. The summed E-state index contributed by atoms with van der Waals surface area (Å²) in [5.74, 6) is 0.608. The third-order valence-corrected chi connectivity index (χ3v) is 3.15. The van der Waals surface area contributed by atoms with E-state index in [4.69, 9.17) is 4.74 Å². The van der Waals surface area contributed by atoms with Crippen molar-refractivity contribution >= 4 is 0 Å². The van der Waals surface area contributed by atoms with Gasteiger partial charge in [-0.05, 0) is 17.5 Å². The van der Waals surface area contributed by atoms with Crippen molar-refractivity contribution in [1.29, 1.82) is 0 Å². The second kappa shape index (κ2) is 7.62. The first-order chi connectivity index (χ1) is 9.81. The van der Waals surface area contributed by atoms with Gasteiger partial charge in [-0.1, -0.05) is 36.4 Å². The van der Waals surface area contributed by atoms with Crippen molar-refractivity contribution < 1.29 is 9.84 Å². The average molecular weight is 272 g/mol. The number of ether oxygens (including phenoxy) is 1. The predicted molar refractivity (Wildman–Crippen MR) is 78.6 cm³/mol. The SMILES string of the molecule is COc1ccc(CNC(CO)Cc2ccccc2)cn1. The van der Waals surface area contributed by atoms with E-state index in [2.05, 4.69) is 22.4 Å². The maximum Gasteiger partial charge on any atom is 0.212 e. The molecule has 0 aliphatic carbocycles. The van der Waals surface area contributed by atoms with Gasteiger partial charge >= 0.3 is 0 Å². The van der Waals surface area contributed by atoms with E-state index < -0.39 is 0 Å². The summed E-state index contributed by atoms with van der Waals surface area (Å²) in [7, 11) is 1.60. The average Bonchev–Trinajstić information content (AvgIpc) is 2.53. The first-order valence-electron chi connectivity index (χ1n) is 6.69. The Morgan fingerprint density at radius 3 is 2.55 bits per heavy atom. The van der Waals surface area contributed by atoms with Crippen LogP contribution in [-0.4, -0.2) is 29.8 Å². The third-order valence-electron chi connectivity index (χ3n) is 3.15. The number of nitrogens with one attached hydrogen (secondary N) is 1. The van der Waals surface area contributed by atoms with Crippen LogP contribution in [0.4, 0.5) is 0 Å². The van der Waals surface area contributed by atoms with E-state index in [9.17, 15) is 5.11 Å². The van der Waals surface area contributed by atoms with Gasteiger partial charge in [-0.3, -0.25) is 0 Å². The predicted octanol–water partition coefficient (Wildman–Crippen LogP) is 1.78. The Balaban J connectivity index is 1.86. The topological polar surface area (TPSA) is 54.4 Å². The van der Waals surface area contributed by atoms with Crippen LogP contribution in [0.2, 0.25) is 0 Å². The van der Waals surface area contributed by atoms with E-state index in [1.165, 1.54) is 5.56 Å². The Hall–Kier alpha value is -1.91. The van der Waals surface area contributed by atoms with Crippen LogP contribution in [0.5, 0.6) is 5.88 Å². The molecule has 1 heterocycles. The lowest BCUT2D eigenvalue weighted by Gasteiger charge is -2.16. The lowest BCUT2D eigenvalue weighted by Crippen LogP contribution is -2.34. The van der Waals surface area contributed by atoms with E-state index in [0.717, 1.165) is 12.0 Å². The normalized spacial score (nSPS) is 12.1. The number of nitrogens with zero attached hydrogens (tertiary/aromatic N) is 1. The number of aliphatic hydroxyl groups excluding tert-OH is 1. The highest BCUT2D eigenvalue weighted by Crippen LogP contribution is 2.07. The first kappa shape index (κ1) is 14.5. The van der Waals surface area contributed by atoms with Gasteiger partial charge < -0.3 is 15.2 Å². The van der Waals surface area contributed by atoms with E-state index in [0.29, 0.717) is 12.4 Å². The molecule has 1 aromatic carbocycles. The zero-order valence-electron chi connectivity index (χ0n) is 11.6. The zero-order chi connectivity index (χ0) is 14.2. The van der Waals surface area contributed by atoms with Crippen molar-refractivity contribution in [3.63, 3.8) is 0 Å². The van der Waals surface area contributed by atoms with Gasteiger partial charge in [-0.25, -0.2) is 4.98 Å². The van der Waals surface area contributed by atoms with Crippen LogP contribution in [0.15, 0.2) is 48.7 Å². The Morgan fingerprint density at radius 1 is 1.15 bits per heavy atom. The smallest absolute Gasteiger partial charge is 0.212 e. The molecule has 1 aromatic heterocycles. The van der Waals surface area contributed by atoms with Gasteiger partial charge in [0.15, 0.2) is 0 Å². The summed E-state index contributed by atoms with van der Waals surface area (Å²) in [6, 6.07) is 14.0. The second-order valence-electron chi connectivity index (χ2n) is 4.66. The monoisotopic (exact) mass is 272 g/mol. The van der Waals surface area contributed by atoms with Crippen molar-refractivity contribution in [3.8, 4) is 5.88 Å². The van der Waals surface area contributed by atoms with Crippen LogP contribution >= 0.6 is 0 Å². The summed E-state index contributed by atoms with van der Waals surface area (Å²) in [6.07, 6.45) is 2.59. The Labute approximate surface area is 119 Å². The molecular weight excluding hydrogens is 252 g/mol. The molecule has 1 atom stereocenters. The van der Waals surface area contributed by atoms with Gasteiger partial charge in [0.2, 0.25) is 5.88 Å². The fourth-order valence-electron chi connectivity index (χ4n) is 2.00. The largest absolute Gasteiger partial charge is 0.481 e. The van der Waals surface area contributed by atoms with Gasteiger partial charge in [-0.2, -0.15) is 0 Å². The van der Waals surface area contributed by atoms with Gasteiger partial charge in [0.05, 0.1) is 13.7 Å². The van der Waals surface area contributed by atoms with Crippen molar-refractivity contribution in [3.05, 3.63) is 59.8 Å². The molecule has 2 aromatic rings. The quantitative estimate of drug-likeness (QED) is 0.807.